The van der Waals surface area contributed by atoms with Gasteiger partial charge in [-0.2, -0.15) is 0 Å². The van der Waals surface area contributed by atoms with Crippen molar-refractivity contribution in [1.29, 1.82) is 0 Å². The van der Waals surface area contributed by atoms with Gasteiger partial charge in [-0.15, -0.1) is 0 Å². The summed E-state index contributed by atoms with van der Waals surface area (Å²) in [4.78, 5) is 0. The van der Waals surface area contributed by atoms with Crippen molar-refractivity contribution in [1.82, 2.24) is 0 Å². The van der Waals surface area contributed by atoms with E-state index in [2.05, 4.69) is 42.4 Å². The predicted octanol–water partition coefficient (Wildman–Crippen LogP) is 5.78. The van der Waals surface area contributed by atoms with Crippen molar-refractivity contribution in [3.8, 4) is 0 Å². The molecule has 0 nitrogen and oxygen atoms in total. The van der Waals surface area contributed by atoms with E-state index in [9.17, 15) is 0 Å². The van der Waals surface area contributed by atoms with E-state index in [0.717, 1.165) is 8.45 Å². The van der Waals surface area contributed by atoms with Gasteiger partial charge in [-0.05, 0) is 0 Å². The molecule has 4 aliphatic carbocycles. The normalized spacial score (nSPS) is 31.8. The van der Waals surface area contributed by atoms with Gasteiger partial charge in [0.15, 0.2) is 0 Å². The zero-order valence-electron chi connectivity index (χ0n) is 14.3. The van der Waals surface area contributed by atoms with Crippen LogP contribution >= 0.6 is 0 Å². The van der Waals surface area contributed by atoms with E-state index in [1.165, 1.54) is 51.4 Å². The van der Waals surface area contributed by atoms with Crippen molar-refractivity contribution in [2.75, 3.05) is 0 Å². The van der Waals surface area contributed by atoms with Gasteiger partial charge in [-0.3, -0.25) is 0 Å². The molecule has 0 N–H and O–H groups in total. The summed E-state index contributed by atoms with van der Waals surface area (Å²) in [6.45, 7) is 0. The second kappa shape index (κ2) is 5.19. The van der Waals surface area contributed by atoms with E-state index in [4.69, 9.17) is 0 Å². The van der Waals surface area contributed by atoms with Crippen LogP contribution in [0.1, 0.15) is 51.4 Å². The first kappa shape index (κ1) is 15.4. The third-order valence-corrected chi connectivity index (χ3v) is 18.6. The molecule has 0 aromatic carbocycles. The second-order valence-corrected chi connectivity index (χ2v) is 29.4. The first-order valence-corrected chi connectivity index (χ1v) is 18.3. The molecule has 4 rings (SSSR count). The van der Waals surface area contributed by atoms with Crippen LogP contribution in [0, 0.1) is 0 Å². The van der Waals surface area contributed by atoms with E-state index in [-0.39, 0.29) is 0 Å². The molecule has 0 bridgehead atoms. The third kappa shape index (κ3) is 2.27. The predicted molar refractivity (Wildman–Crippen MR) is 97.0 cm³/mol. The molecule has 0 aromatic heterocycles. The molecular formula is C20H30SiTi. The molecule has 0 radical (unpaired) electrons. The van der Waals surface area contributed by atoms with Crippen molar-refractivity contribution >= 4 is 7.63 Å². The summed E-state index contributed by atoms with van der Waals surface area (Å²) in [6, 6.07) is 0. The Bertz CT molecular complexity index is 641. The number of hydrogen-bond acceptors (Lipinski definition) is 0. The fourth-order valence-corrected chi connectivity index (χ4v) is 16.3. The van der Waals surface area contributed by atoms with Crippen molar-refractivity contribution in [3.05, 3.63) is 46.6 Å². The zero-order valence-corrected chi connectivity index (χ0v) is 17.3. The monoisotopic (exact) mass is 346 g/mol. The Hall–Kier alpha value is -0.109. The molecule has 0 saturated heterocycles. The summed E-state index contributed by atoms with van der Waals surface area (Å²) in [5.41, 5.74) is 7.17. The van der Waals surface area contributed by atoms with Crippen LogP contribution in [0.5, 0.6) is 0 Å². The molecule has 0 aromatic rings. The van der Waals surface area contributed by atoms with Gasteiger partial charge in [0.05, 0.1) is 0 Å². The van der Waals surface area contributed by atoms with Gasteiger partial charge >= 0.3 is 139 Å². The molecule has 2 heteroatoms. The molecule has 22 heavy (non-hydrogen) atoms. The second-order valence-electron chi connectivity index (χ2n) is 9.13. The van der Waals surface area contributed by atoms with Crippen LogP contribution in [0.15, 0.2) is 46.6 Å². The molecule has 0 saturated carbocycles. The van der Waals surface area contributed by atoms with Crippen LogP contribution in [0.4, 0.5) is 0 Å². The standard InChI is InChI=1S/2C9H11.2CH3.H2Si.Ti/c2*1-2-5-9-7-3-6-8(9)4-1;;;;/h2*3,6-7H,1-2,4-5H2;2*1H3;1H2;. The van der Waals surface area contributed by atoms with Gasteiger partial charge < -0.3 is 0 Å². The first-order chi connectivity index (χ1) is 10.5. The Morgan fingerprint density at radius 1 is 0.773 bits per heavy atom. The average molecular weight is 346 g/mol. The van der Waals surface area contributed by atoms with Gasteiger partial charge in [0.1, 0.15) is 0 Å². The van der Waals surface area contributed by atoms with Crippen molar-refractivity contribution in [2.45, 2.75) is 70.3 Å². The van der Waals surface area contributed by atoms with Crippen LogP contribution < -0.4 is 0 Å². The summed E-state index contributed by atoms with van der Waals surface area (Å²) < 4.78 is 1.66. The SMILES string of the molecule is [CH3][Ti]([CH3])(=[SiH2])([CH]1C=CC2=C1CCCC2)[CH]1C=CC2=C1CCCC2. The first-order valence-electron chi connectivity index (χ1n) is 9.33. The van der Waals surface area contributed by atoms with E-state index in [1.807, 2.05) is 11.1 Å². The molecule has 4 aliphatic rings. The summed E-state index contributed by atoms with van der Waals surface area (Å²) in [7, 11) is 2.47. The minimum absolute atomic E-state index is 0.828. The van der Waals surface area contributed by atoms with Gasteiger partial charge in [-0.25, -0.2) is 0 Å². The van der Waals surface area contributed by atoms with Gasteiger partial charge in [0.2, 0.25) is 0 Å². The van der Waals surface area contributed by atoms with Crippen LogP contribution in [0.25, 0.3) is 0 Å². The Kier molecular flexibility index (Phi) is 3.64. The van der Waals surface area contributed by atoms with Crippen molar-refractivity contribution in [2.24, 2.45) is 0 Å². The number of hydrogen-bond donors (Lipinski definition) is 0. The summed E-state index contributed by atoms with van der Waals surface area (Å²) in [5.74, 6) is 0. The topological polar surface area (TPSA) is 0 Å². The van der Waals surface area contributed by atoms with Crippen molar-refractivity contribution < 1.29 is 14.0 Å². The van der Waals surface area contributed by atoms with Crippen LogP contribution in [0.3, 0.4) is 0 Å². The molecule has 2 unspecified atom stereocenters. The molecule has 0 fully saturated rings. The Labute approximate surface area is 138 Å². The summed E-state index contributed by atoms with van der Waals surface area (Å²) in [6.07, 6.45) is 21.4. The molecule has 0 heterocycles. The van der Waals surface area contributed by atoms with Crippen LogP contribution in [-0.2, 0) is 14.0 Å². The zero-order chi connectivity index (χ0) is 15.4. The van der Waals surface area contributed by atoms with Gasteiger partial charge in [0, 0.05) is 0 Å². The van der Waals surface area contributed by atoms with E-state index >= 15 is 0 Å². The molecule has 118 valence electrons. The Balaban J connectivity index is 1.75. The molecule has 2 atom stereocenters. The quantitative estimate of drug-likeness (QED) is 0.556. The average Bonchev–Trinajstić information content (AvgIpc) is 3.12. The molecule has 0 spiro atoms. The Morgan fingerprint density at radius 3 is 1.64 bits per heavy atom. The number of allylic oxidation sites excluding steroid dienone is 8. The maximum absolute atomic E-state index is 2.74. The summed E-state index contributed by atoms with van der Waals surface area (Å²) >= 11 is -2.61. The fourth-order valence-electron chi connectivity index (χ4n) is 5.62. The summed E-state index contributed by atoms with van der Waals surface area (Å²) in [5, 5.41) is 5.49. The Morgan fingerprint density at radius 2 is 1.18 bits per heavy atom. The van der Waals surface area contributed by atoms with Crippen LogP contribution in [0.2, 0.25) is 18.9 Å². The molecular weight excluding hydrogens is 316 g/mol. The molecule has 0 amide bonds. The minimum atomic E-state index is -2.61. The molecule has 0 aliphatic heterocycles. The van der Waals surface area contributed by atoms with E-state index < -0.39 is 14.0 Å². The van der Waals surface area contributed by atoms with Crippen LogP contribution in [-0.4, -0.2) is 7.63 Å². The fraction of sp³-hybridized carbons (Fsp3) is 0.600. The van der Waals surface area contributed by atoms with E-state index in [1.54, 1.807) is 11.1 Å². The number of rotatable bonds is 2. The van der Waals surface area contributed by atoms with Crippen molar-refractivity contribution in [3.63, 3.8) is 0 Å². The van der Waals surface area contributed by atoms with Gasteiger partial charge in [0.25, 0.3) is 0 Å². The third-order valence-electron chi connectivity index (χ3n) is 6.88. The van der Waals surface area contributed by atoms with Gasteiger partial charge in [-0.1, -0.05) is 0 Å². The maximum atomic E-state index is 2.74. The van der Waals surface area contributed by atoms with E-state index in [0.29, 0.717) is 0 Å².